The Balaban J connectivity index is 1.78. The van der Waals surface area contributed by atoms with Crippen LogP contribution in [0.25, 0.3) is 21.3 Å². The molecule has 0 radical (unpaired) electrons. The van der Waals surface area contributed by atoms with Crippen LogP contribution in [0.5, 0.6) is 0 Å². The van der Waals surface area contributed by atoms with Gasteiger partial charge in [0.15, 0.2) is 6.23 Å². The SMILES string of the molecule is CC(C)Cn1c(=O)n(C)c(=O)c2c(C(O)N3C[C@H](O)CO3)c(Cn3c(CO)nc4ccccc43)sc21. The Labute approximate surface area is 210 Å². The quantitative estimate of drug-likeness (QED) is 0.331. The minimum atomic E-state index is -1.35. The van der Waals surface area contributed by atoms with Crippen molar-refractivity contribution in [1.29, 1.82) is 0 Å². The van der Waals surface area contributed by atoms with Crippen LogP contribution in [0.3, 0.4) is 0 Å². The molecule has 5 rings (SSSR count). The number of fused-ring (bicyclic) bond motifs is 2. The second-order valence-electron chi connectivity index (χ2n) is 9.45. The van der Waals surface area contributed by atoms with Crippen LogP contribution in [0.15, 0.2) is 33.9 Å². The predicted octanol–water partition coefficient (Wildman–Crippen LogP) is 0.907. The molecule has 12 heteroatoms. The number of imidazole rings is 1. The first-order valence-corrected chi connectivity index (χ1v) is 12.6. The number of aliphatic hydroxyl groups is 3. The molecule has 11 nitrogen and oxygen atoms in total. The summed E-state index contributed by atoms with van der Waals surface area (Å²) < 4.78 is 4.47. The fourth-order valence-electron chi connectivity index (χ4n) is 4.69. The fourth-order valence-corrected chi connectivity index (χ4v) is 6.00. The second kappa shape index (κ2) is 9.54. The maximum Gasteiger partial charge on any atom is 0.331 e. The van der Waals surface area contributed by atoms with E-state index in [0.29, 0.717) is 33.2 Å². The number of aliphatic hydroxyl groups excluding tert-OH is 3. The van der Waals surface area contributed by atoms with E-state index in [0.717, 1.165) is 10.1 Å². The van der Waals surface area contributed by atoms with Crippen LogP contribution in [0, 0.1) is 5.92 Å². The molecule has 1 aliphatic heterocycles. The van der Waals surface area contributed by atoms with E-state index >= 15 is 0 Å². The Morgan fingerprint density at radius 3 is 2.64 bits per heavy atom. The highest BCUT2D eigenvalue weighted by molar-refractivity contribution is 7.18. The zero-order valence-corrected chi connectivity index (χ0v) is 21.1. The number of nitrogens with zero attached hydrogens (tertiary/aromatic N) is 5. The van der Waals surface area contributed by atoms with Gasteiger partial charge in [-0.3, -0.25) is 18.8 Å². The first-order valence-electron chi connectivity index (χ1n) is 11.8. The van der Waals surface area contributed by atoms with Gasteiger partial charge in [-0.25, -0.2) is 9.78 Å². The number of benzene rings is 1. The maximum atomic E-state index is 13.4. The maximum absolute atomic E-state index is 13.4. The average molecular weight is 516 g/mol. The molecular weight excluding hydrogens is 486 g/mol. The molecule has 3 N–H and O–H groups in total. The van der Waals surface area contributed by atoms with Crippen molar-refractivity contribution in [3.05, 3.63) is 61.4 Å². The monoisotopic (exact) mass is 515 g/mol. The molecule has 0 saturated carbocycles. The van der Waals surface area contributed by atoms with Crippen molar-refractivity contribution in [1.82, 2.24) is 23.7 Å². The zero-order chi connectivity index (χ0) is 25.7. The van der Waals surface area contributed by atoms with Gasteiger partial charge in [-0.2, -0.15) is 5.06 Å². The lowest BCUT2D eigenvalue weighted by Gasteiger charge is -2.22. The molecule has 1 unspecified atom stereocenters. The minimum absolute atomic E-state index is 0.0331. The molecule has 2 atom stereocenters. The average Bonchev–Trinajstić information content (AvgIpc) is 3.55. The van der Waals surface area contributed by atoms with Gasteiger partial charge in [-0.1, -0.05) is 26.0 Å². The summed E-state index contributed by atoms with van der Waals surface area (Å²) in [7, 11) is 1.43. The van der Waals surface area contributed by atoms with E-state index in [1.807, 2.05) is 42.7 Å². The molecule has 1 saturated heterocycles. The third-order valence-electron chi connectivity index (χ3n) is 6.36. The van der Waals surface area contributed by atoms with Gasteiger partial charge in [0.2, 0.25) is 0 Å². The van der Waals surface area contributed by atoms with Crippen molar-refractivity contribution in [2.75, 3.05) is 13.2 Å². The summed E-state index contributed by atoms with van der Waals surface area (Å²) in [5, 5.41) is 32.9. The summed E-state index contributed by atoms with van der Waals surface area (Å²) in [4.78, 5) is 37.6. The van der Waals surface area contributed by atoms with E-state index < -0.39 is 23.6 Å². The van der Waals surface area contributed by atoms with Crippen LogP contribution >= 0.6 is 11.3 Å². The highest BCUT2D eigenvalue weighted by Gasteiger charge is 2.34. The smallest absolute Gasteiger partial charge is 0.331 e. The van der Waals surface area contributed by atoms with Crippen LogP contribution in [0.2, 0.25) is 0 Å². The van der Waals surface area contributed by atoms with E-state index in [1.165, 1.54) is 23.4 Å². The number of hydrogen-bond donors (Lipinski definition) is 3. The molecule has 1 aliphatic rings. The van der Waals surface area contributed by atoms with Gasteiger partial charge in [0.25, 0.3) is 5.56 Å². The van der Waals surface area contributed by atoms with Crippen molar-refractivity contribution >= 4 is 32.6 Å². The Hall–Kier alpha value is -2.87. The highest BCUT2D eigenvalue weighted by atomic mass is 32.1. The molecule has 0 spiro atoms. The largest absolute Gasteiger partial charge is 0.389 e. The van der Waals surface area contributed by atoms with Crippen LogP contribution in [0.4, 0.5) is 0 Å². The van der Waals surface area contributed by atoms with Crippen molar-refractivity contribution in [2.24, 2.45) is 13.0 Å². The summed E-state index contributed by atoms with van der Waals surface area (Å²) in [6, 6.07) is 7.47. The summed E-state index contributed by atoms with van der Waals surface area (Å²) in [6.45, 7) is 4.38. The van der Waals surface area contributed by atoms with Gasteiger partial charge >= 0.3 is 5.69 Å². The molecule has 192 valence electrons. The number of thiophene rings is 1. The summed E-state index contributed by atoms with van der Waals surface area (Å²) >= 11 is 1.26. The third kappa shape index (κ3) is 4.09. The van der Waals surface area contributed by atoms with E-state index in [2.05, 4.69) is 4.98 Å². The Bertz CT molecular complexity index is 1550. The highest BCUT2D eigenvalue weighted by Crippen LogP contribution is 2.37. The summed E-state index contributed by atoms with van der Waals surface area (Å²) in [6.07, 6.45) is -2.12. The van der Waals surface area contributed by atoms with Crippen LogP contribution < -0.4 is 11.2 Å². The second-order valence-corrected chi connectivity index (χ2v) is 10.5. The van der Waals surface area contributed by atoms with Crippen molar-refractivity contribution < 1.29 is 20.2 Å². The summed E-state index contributed by atoms with van der Waals surface area (Å²) in [5.74, 6) is 0.576. The molecule has 4 aromatic rings. The Morgan fingerprint density at radius 1 is 1.22 bits per heavy atom. The molecule has 0 bridgehead atoms. The van der Waals surface area contributed by atoms with Gasteiger partial charge in [-0.15, -0.1) is 11.3 Å². The van der Waals surface area contributed by atoms with Crippen molar-refractivity contribution in [3.8, 4) is 0 Å². The predicted molar refractivity (Wildman–Crippen MR) is 135 cm³/mol. The van der Waals surface area contributed by atoms with Crippen LogP contribution in [-0.2, 0) is 31.6 Å². The van der Waals surface area contributed by atoms with Gasteiger partial charge < -0.3 is 19.9 Å². The molecule has 1 fully saturated rings. The van der Waals surface area contributed by atoms with Gasteiger partial charge in [0, 0.05) is 24.0 Å². The first kappa shape index (κ1) is 24.8. The van der Waals surface area contributed by atoms with E-state index in [9.17, 15) is 24.9 Å². The zero-order valence-electron chi connectivity index (χ0n) is 20.3. The molecule has 4 heterocycles. The summed E-state index contributed by atoms with van der Waals surface area (Å²) in [5.41, 5.74) is 0.892. The van der Waals surface area contributed by atoms with Crippen molar-refractivity contribution in [2.45, 2.75) is 45.9 Å². The Morgan fingerprint density at radius 2 is 1.97 bits per heavy atom. The minimum Gasteiger partial charge on any atom is -0.389 e. The number of hydrogen-bond acceptors (Lipinski definition) is 9. The first-order chi connectivity index (χ1) is 17.2. The van der Waals surface area contributed by atoms with Gasteiger partial charge in [0.05, 0.1) is 42.2 Å². The lowest BCUT2D eigenvalue weighted by molar-refractivity contribution is -0.206. The number of hydroxylamine groups is 2. The molecule has 1 aromatic carbocycles. The van der Waals surface area contributed by atoms with Gasteiger partial charge in [-0.05, 0) is 18.1 Å². The molecule has 36 heavy (non-hydrogen) atoms. The van der Waals surface area contributed by atoms with E-state index in [1.54, 1.807) is 4.57 Å². The third-order valence-corrected chi connectivity index (χ3v) is 7.58. The van der Waals surface area contributed by atoms with E-state index in [-0.39, 0.29) is 37.6 Å². The number of para-hydroxylation sites is 2. The molecule has 0 aliphatic carbocycles. The van der Waals surface area contributed by atoms with Crippen LogP contribution in [0.1, 0.15) is 36.3 Å². The molecule has 0 amide bonds. The molecular formula is C24H29N5O6S. The lowest BCUT2D eigenvalue weighted by Crippen LogP contribution is -2.39. The van der Waals surface area contributed by atoms with E-state index in [4.69, 9.17) is 4.84 Å². The normalized spacial score (nSPS) is 17.7. The fraction of sp³-hybridized carbons (Fsp3) is 0.458. The Kier molecular flexibility index (Phi) is 6.57. The van der Waals surface area contributed by atoms with Crippen molar-refractivity contribution in [3.63, 3.8) is 0 Å². The standard InChI is InChI=1S/C24H29N5O6S/c1-13(2)8-28-23-20(21(32)26(3)24(28)34)19(22(33)29-9-14(31)12-35-29)17(36-23)10-27-16-7-5-4-6-15(16)25-18(27)11-30/h4-7,13-14,22,30-31,33H,8-12H2,1-3H3/t14-,22?/m0/s1. The number of aromatic nitrogens is 4. The number of rotatable bonds is 7. The van der Waals surface area contributed by atoms with Crippen LogP contribution in [-0.4, -0.2) is 58.3 Å². The van der Waals surface area contributed by atoms with Gasteiger partial charge in [0.1, 0.15) is 17.3 Å². The topological polar surface area (TPSA) is 135 Å². The lowest BCUT2D eigenvalue weighted by atomic mass is 10.1. The molecule has 3 aromatic heterocycles. The number of β-amino-alcohol motifs (C(OH)–C–C–N with tert-alkyl or cyclic N) is 1.